The van der Waals surface area contributed by atoms with Crippen LogP contribution in [0.4, 0.5) is 0 Å². The third kappa shape index (κ3) is 5.84. The highest BCUT2D eigenvalue weighted by molar-refractivity contribution is 5.79. The van der Waals surface area contributed by atoms with Crippen LogP contribution in [-0.4, -0.2) is 42.5 Å². The lowest BCUT2D eigenvalue weighted by Crippen LogP contribution is -2.48. The van der Waals surface area contributed by atoms with Crippen LogP contribution in [0.3, 0.4) is 0 Å². The minimum absolute atomic E-state index is 0.00960. The second-order valence-corrected chi connectivity index (χ2v) is 6.99. The van der Waals surface area contributed by atoms with E-state index in [0.717, 1.165) is 24.0 Å². The fourth-order valence-corrected chi connectivity index (χ4v) is 3.20. The number of benzene rings is 2. The number of likely N-dealkylation sites (tertiary alicyclic amines) is 1. The van der Waals surface area contributed by atoms with Crippen molar-refractivity contribution in [2.24, 2.45) is 0 Å². The molecule has 5 heteroatoms. The van der Waals surface area contributed by atoms with E-state index in [4.69, 9.17) is 4.74 Å². The smallest absolute Gasteiger partial charge is 0.260 e. The number of aryl methyl sites for hydroxylation is 1. The second kappa shape index (κ2) is 9.21. The first-order valence-corrected chi connectivity index (χ1v) is 9.40. The number of nitrogens with zero attached hydrogens (tertiary/aromatic N) is 1. The maximum Gasteiger partial charge on any atom is 0.260 e. The Morgan fingerprint density at radius 3 is 2.37 bits per heavy atom. The molecule has 5 nitrogen and oxygen atoms in total. The van der Waals surface area contributed by atoms with Crippen molar-refractivity contribution in [1.29, 1.82) is 0 Å². The van der Waals surface area contributed by atoms with Crippen molar-refractivity contribution in [3.63, 3.8) is 0 Å². The van der Waals surface area contributed by atoms with Crippen LogP contribution in [0.1, 0.15) is 24.0 Å². The topological polar surface area (TPSA) is 58.6 Å². The van der Waals surface area contributed by atoms with E-state index in [2.05, 4.69) is 5.32 Å². The maximum atomic E-state index is 12.3. The van der Waals surface area contributed by atoms with Crippen molar-refractivity contribution in [3.8, 4) is 5.75 Å². The van der Waals surface area contributed by atoms with Gasteiger partial charge in [-0.3, -0.25) is 9.59 Å². The van der Waals surface area contributed by atoms with Crippen molar-refractivity contribution in [1.82, 2.24) is 10.2 Å². The Hall–Kier alpha value is -2.82. The lowest BCUT2D eigenvalue weighted by molar-refractivity contribution is -0.134. The number of rotatable bonds is 6. The van der Waals surface area contributed by atoms with Crippen LogP contribution in [0, 0.1) is 6.92 Å². The van der Waals surface area contributed by atoms with E-state index < -0.39 is 0 Å². The summed E-state index contributed by atoms with van der Waals surface area (Å²) in [5.41, 5.74) is 2.17. The SMILES string of the molecule is Cc1ccc(OCC(=O)N2CCC(NC(=O)Cc3ccccc3)CC2)cc1. The zero-order chi connectivity index (χ0) is 19.1. The molecule has 3 rings (SSSR count). The molecule has 0 aromatic heterocycles. The Morgan fingerprint density at radius 2 is 1.70 bits per heavy atom. The summed E-state index contributed by atoms with van der Waals surface area (Å²) in [6.07, 6.45) is 1.94. The molecule has 0 aliphatic carbocycles. The van der Waals surface area contributed by atoms with Gasteiger partial charge in [0.2, 0.25) is 5.91 Å². The number of piperidine rings is 1. The van der Waals surface area contributed by atoms with Crippen molar-refractivity contribution >= 4 is 11.8 Å². The molecule has 27 heavy (non-hydrogen) atoms. The number of carbonyl (C=O) groups is 2. The molecule has 1 fully saturated rings. The van der Waals surface area contributed by atoms with E-state index in [1.165, 1.54) is 0 Å². The van der Waals surface area contributed by atoms with Gasteiger partial charge >= 0.3 is 0 Å². The number of amides is 2. The van der Waals surface area contributed by atoms with E-state index in [9.17, 15) is 9.59 Å². The normalized spacial score (nSPS) is 14.6. The number of hydrogen-bond donors (Lipinski definition) is 1. The van der Waals surface area contributed by atoms with E-state index in [-0.39, 0.29) is 24.5 Å². The minimum atomic E-state index is -0.00960. The van der Waals surface area contributed by atoms with Gasteiger partial charge in [-0.05, 0) is 37.5 Å². The molecule has 0 spiro atoms. The highest BCUT2D eigenvalue weighted by Crippen LogP contribution is 2.14. The monoisotopic (exact) mass is 366 g/mol. The number of ether oxygens (including phenoxy) is 1. The maximum absolute atomic E-state index is 12.3. The van der Waals surface area contributed by atoms with Crippen LogP contribution in [0.15, 0.2) is 54.6 Å². The molecule has 1 N–H and O–H groups in total. The van der Waals surface area contributed by atoms with E-state index in [1.54, 1.807) is 0 Å². The standard InChI is InChI=1S/C22H26N2O3/c1-17-7-9-20(10-8-17)27-16-22(26)24-13-11-19(12-14-24)23-21(25)15-18-5-3-2-4-6-18/h2-10,19H,11-16H2,1H3,(H,23,25). The first kappa shape index (κ1) is 19.0. The summed E-state index contributed by atoms with van der Waals surface area (Å²) in [7, 11) is 0. The summed E-state index contributed by atoms with van der Waals surface area (Å²) in [6.45, 7) is 3.35. The molecule has 0 radical (unpaired) electrons. The lowest BCUT2D eigenvalue weighted by Gasteiger charge is -2.32. The molecule has 1 aliphatic rings. The first-order chi connectivity index (χ1) is 13.1. The minimum Gasteiger partial charge on any atom is -0.484 e. The summed E-state index contributed by atoms with van der Waals surface area (Å²) in [5, 5.41) is 3.08. The highest BCUT2D eigenvalue weighted by Gasteiger charge is 2.24. The molecule has 2 aromatic rings. The molecule has 1 saturated heterocycles. The van der Waals surface area contributed by atoms with Gasteiger partial charge in [0, 0.05) is 19.1 Å². The van der Waals surface area contributed by atoms with Gasteiger partial charge in [-0.15, -0.1) is 0 Å². The molecule has 2 amide bonds. The van der Waals surface area contributed by atoms with Crippen LogP contribution in [0.5, 0.6) is 5.75 Å². The van der Waals surface area contributed by atoms with Crippen LogP contribution in [0.2, 0.25) is 0 Å². The molecule has 1 heterocycles. The summed E-state index contributed by atoms with van der Waals surface area (Å²) in [5.74, 6) is 0.732. The van der Waals surface area contributed by atoms with Gasteiger partial charge in [-0.25, -0.2) is 0 Å². The molecule has 1 aliphatic heterocycles. The Bertz CT molecular complexity index is 751. The quantitative estimate of drug-likeness (QED) is 0.855. The average Bonchev–Trinajstić information content (AvgIpc) is 2.68. The number of carbonyl (C=O) groups excluding carboxylic acids is 2. The summed E-state index contributed by atoms with van der Waals surface area (Å²) < 4.78 is 5.57. The molecule has 0 bridgehead atoms. The average molecular weight is 366 g/mol. The van der Waals surface area contributed by atoms with Crippen molar-refractivity contribution < 1.29 is 14.3 Å². The Balaban J connectivity index is 1.38. The zero-order valence-electron chi connectivity index (χ0n) is 15.7. The molecule has 0 saturated carbocycles. The van der Waals surface area contributed by atoms with Crippen molar-refractivity contribution in [2.45, 2.75) is 32.2 Å². The lowest BCUT2D eigenvalue weighted by atomic mass is 10.0. The van der Waals surface area contributed by atoms with Gasteiger partial charge in [-0.1, -0.05) is 48.0 Å². The van der Waals surface area contributed by atoms with Crippen LogP contribution < -0.4 is 10.1 Å². The molecular formula is C22H26N2O3. The van der Waals surface area contributed by atoms with E-state index >= 15 is 0 Å². The summed E-state index contributed by atoms with van der Waals surface area (Å²) >= 11 is 0. The molecule has 2 aromatic carbocycles. The fourth-order valence-electron chi connectivity index (χ4n) is 3.20. The van der Waals surface area contributed by atoms with Gasteiger partial charge in [0.15, 0.2) is 6.61 Å². The van der Waals surface area contributed by atoms with Gasteiger partial charge < -0.3 is 15.0 Å². The zero-order valence-corrected chi connectivity index (χ0v) is 15.7. The van der Waals surface area contributed by atoms with E-state index in [1.807, 2.05) is 66.4 Å². The van der Waals surface area contributed by atoms with Crippen molar-refractivity contribution in [3.05, 3.63) is 65.7 Å². The van der Waals surface area contributed by atoms with E-state index in [0.29, 0.717) is 25.3 Å². The third-order valence-corrected chi connectivity index (χ3v) is 4.80. The number of nitrogens with one attached hydrogen (secondary N) is 1. The van der Waals surface area contributed by atoms with Crippen LogP contribution >= 0.6 is 0 Å². The Labute approximate surface area is 160 Å². The summed E-state index contributed by atoms with van der Waals surface area (Å²) in [4.78, 5) is 26.3. The number of hydrogen-bond acceptors (Lipinski definition) is 3. The predicted octanol–water partition coefficient (Wildman–Crippen LogP) is 2.72. The van der Waals surface area contributed by atoms with Crippen molar-refractivity contribution in [2.75, 3.05) is 19.7 Å². The fraction of sp³-hybridized carbons (Fsp3) is 0.364. The van der Waals surface area contributed by atoms with Crippen LogP contribution in [-0.2, 0) is 16.0 Å². The molecular weight excluding hydrogens is 340 g/mol. The third-order valence-electron chi connectivity index (χ3n) is 4.80. The Morgan fingerprint density at radius 1 is 1.04 bits per heavy atom. The predicted molar refractivity (Wildman–Crippen MR) is 105 cm³/mol. The van der Waals surface area contributed by atoms with Gasteiger partial charge in [0.1, 0.15) is 5.75 Å². The first-order valence-electron chi connectivity index (χ1n) is 9.40. The van der Waals surface area contributed by atoms with Gasteiger partial charge in [0.25, 0.3) is 5.91 Å². The largest absolute Gasteiger partial charge is 0.484 e. The Kier molecular flexibility index (Phi) is 6.47. The summed E-state index contributed by atoms with van der Waals surface area (Å²) in [6, 6.07) is 17.5. The molecule has 142 valence electrons. The van der Waals surface area contributed by atoms with Gasteiger partial charge in [0.05, 0.1) is 6.42 Å². The van der Waals surface area contributed by atoms with Gasteiger partial charge in [-0.2, -0.15) is 0 Å². The second-order valence-electron chi connectivity index (χ2n) is 6.99. The highest BCUT2D eigenvalue weighted by atomic mass is 16.5. The molecule has 0 atom stereocenters. The molecule has 0 unspecified atom stereocenters. The van der Waals surface area contributed by atoms with Crippen LogP contribution in [0.25, 0.3) is 0 Å².